The fourth-order valence-electron chi connectivity index (χ4n) is 3.12. The van der Waals surface area contributed by atoms with Gasteiger partial charge in [0.25, 0.3) is 5.91 Å². The Bertz CT molecular complexity index is 465. The second-order valence-corrected chi connectivity index (χ2v) is 5.62. The Morgan fingerprint density at radius 1 is 1.25 bits per heavy atom. The number of carbonyl (C=O) groups excluding carboxylic acids is 1. The topological polar surface area (TPSA) is 50.4 Å². The summed E-state index contributed by atoms with van der Waals surface area (Å²) in [7, 11) is 0. The number of ether oxygens (including phenoxy) is 1. The molecule has 2 heterocycles. The summed E-state index contributed by atoms with van der Waals surface area (Å²) in [6, 6.07) is 7.03. The zero-order valence-corrected chi connectivity index (χ0v) is 11.3. The zero-order chi connectivity index (χ0) is 13.9. The molecule has 108 valence electrons. The van der Waals surface area contributed by atoms with E-state index >= 15 is 0 Å². The molecule has 0 radical (unpaired) electrons. The molecule has 0 saturated carbocycles. The summed E-state index contributed by atoms with van der Waals surface area (Å²) in [6.45, 7) is -0.0229. The number of benzene rings is 1. The maximum atomic E-state index is 12.7. The number of piperidine rings is 1. The summed E-state index contributed by atoms with van der Waals surface area (Å²) in [4.78, 5) is 11.9. The molecular weight excluding hydrogens is 259 g/mol. The Balaban J connectivity index is 1.44. The van der Waals surface area contributed by atoms with Crippen molar-refractivity contribution in [2.45, 2.75) is 43.8 Å². The maximum Gasteiger partial charge on any atom is 0.258 e. The molecule has 2 saturated heterocycles. The van der Waals surface area contributed by atoms with Gasteiger partial charge in [-0.15, -0.1) is 0 Å². The van der Waals surface area contributed by atoms with Crippen LogP contribution >= 0.6 is 0 Å². The number of rotatable bonds is 4. The molecule has 1 aromatic carbocycles. The number of hydrogen-bond donors (Lipinski definition) is 2. The van der Waals surface area contributed by atoms with Gasteiger partial charge in [0.1, 0.15) is 11.6 Å². The first-order valence-electron chi connectivity index (χ1n) is 7.13. The van der Waals surface area contributed by atoms with Crippen LogP contribution in [0.25, 0.3) is 0 Å². The van der Waals surface area contributed by atoms with Crippen molar-refractivity contribution in [2.24, 2.45) is 0 Å². The van der Waals surface area contributed by atoms with Gasteiger partial charge in [0.05, 0.1) is 0 Å². The Labute approximate surface area is 117 Å². The minimum atomic E-state index is -0.313. The first-order valence-corrected chi connectivity index (χ1v) is 7.13. The largest absolute Gasteiger partial charge is 0.484 e. The molecule has 2 bridgehead atoms. The second-order valence-electron chi connectivity index (χ2n) is 5.62. The van der Waals surface area contributed by atoms with Gasteiger partial charge in [-0.25, -0.2) is 4.39 Å². The number of fused-ring (bicyclic) bond motifs is 2. The Morgan fingerprint density at radius 3 is 2.55 bits per heavy atom. The summed E-state index contributed by atoms with van der Waals surface area (Å²) < 4.78 is 18.1. The third-order valence-electron chi connectivity index (χ3n) is 4.02. The highest BCUT2D eigenvalue weighted by Crippen LogP contribution is 2.26. The molecule has 2 aliphatic heterocycles. The van der Waals surface area contributed by atoms with Crippen LogP contribution in [0.4, 0.5) is 4.39 Å². The lowest BCUT2D eigenvalue weighted by Gasteiger charge is -2.29. The highest BCUT2D eigenvalue weighted by atomic mass is 19.1. The van der Waals surface area contributed by atoms with Gasteiger partial charge in [0, 0.05) is 18.1 Å². The van der Waals surface area contributed by atoms with Crippen molar-refractivity contribution >= 4 is 5.91 Å². The molecule has 2 aliphatic rings. The molecule has 3 rings (SSSR count). The molecule has 2 atom stereocenters. The summed E-state index contributed by atoms with van der Waals surface area (Å²) in [6.07, 6.45) is 4.42. The van der Waals surface area contributed by atoms with E-state index in [1.165, 1.54) is 37.1 Å². The summed E-state index contributed by atoms with van der Waals surface area (Å²) in [5, 5.41) is 6.56. The van der Waals surface area contributed by atoms with Gasteiger partial charge in [-0.3, -0.25) is 4.79 Å². The Hall–Kier alpha value is -1.62. The van der Waals surface area contributed by atoms with Gasteiger partial charge in [-0.1, -0.05) is 0 Å². The van der Waals surface area contributed by atoms with E-state index in [4.69, 9.17) is 4.74 Å². The fourth-order valence-corrected chi connectivity index (χ4v) is 3.12. The van der Waals surface area contributed by atoms with Crippen molar-refractivity contribution in [1.82, 2.24) is 10.6 Å². The predicted octanol–water partition coefficient (Wildman–Crippen LogP) is 1.60. The SMILES string of the molecule is O=C(COc1ccc(F)cc1)NC1CC2CCC(C1)N2. The highest BCUT2D eigenvalue weighted by molar-refractivity contribution is 5.77. The first-order chi connectivity index (χ1) is 9.69. The third-order valence-corrected chi connectivity index (χ3v) is 4.02. The number of nitrogens with one attached hydrogen (secondary N) is 2. The third kappa shape index (κ3) is 3.28. The molecule has 2 N–H and O–H groups in total. The van der Waals surface area contributed by atoms with Crippen molar-refractivity contribution in [3.63, 3.8) is 0 Å². The second kappa shape index (κ2) is 5.79. The summed E-state index contributed by atoms with van der Waals surface area (Å²) in [5.41, 5.74) is 0. The standard InChI is InChI=1S/C15H19FN2O2/c16-10-1-5-14(6-2-10)20-9-15(19)18-13-7-11-3-4-12(8-13)17-11/h1-2,5-6,11-13,17H,3-4,7-9H2,(H,18,19). The molecule has 0 aromatic heterocycles. The van der Waals surface area contributed by atoms with E-state index in [0.717, 1.165) is 12.8 Å². The number of carbonyl (C=O) groups is 1. The normalized spacial score (nSPS) is 28.1. The molecule has 4 nitrogen and oxygen atoms in total. The molecule has 5 heteroatoms. The first kappa shape index (κ1) is 13.4. The molecule has 0 aliphatic carbocycles. The molecule has 1 amide bonds. The van der Waals surface area contributed by atoms with Crippen molar-refractivity contribution < 1.29 is 13.9 Å². The summed E-state index contributed by atoms with van der Waals surface area (Å²) >= 11 is 0. The molecule has 0 spiro atoms. The quantitative estimate of drug-likeness (QED) is 0.879. The van der Waals surface area contributed by atoms with Crippen molar-refractivity contribution in [3.05, 3.63) is 30.1 Å². The van der Waals surface area contributed by atoms with E-state index in [1.54, 1.807) is 0 Å². The van der Waals surface area contributed by atoms with Crippen LogP contribution < -0.4 is 15.4 Å². The van der Waals surface area contributed by atoms with E-state index in [1.807, 2.05) is 0 Å². The molecule has 2 unspecified atom stereocenters. The van der Waals surface area contributed by atoms with Crippen LogP contribution in [0.2, 0.25) is 0 Å². The average Bonchev–Trinajstić information content (AvgIpc) is 2.77. The van der Waals surface area contributed by atoms with Crippen LogP contribution in [0, 0.1) is 5.82 Å². The van der Waals surface area contributed by atoms with E-state index in [0.29, 0.717) is 17.8 Å². The van der Waals surface area contributed by atoms with E-state index in [-0.39, 0.29) is 24.4 Å². The average molecular weight is 278 g/mol. The van der Waals surface area contributed by atoms with Crippen molar-refractivity contribution in [3.8, 4) is 5.75 Å². The molecular formula is C15H19FN2O2. The highest BCUT2D eigenvalue weighted by Gasteiger charge is 2.33. The van der Waals surface area contributed by atoms with E-state index in [9.17, 15) is 9.18 Å². The lowest BCUT2D eigenvalue weighted by atomic mass is 10.00. The number of hydrogen-bond acceptors (Lipinski definition) is 3. The Morgan fingerprint density at radius 2 is 1.90 bits per heavy atom. The lowest BCUT2D eigenvalue weighted by Crippen LogP contribution is -2.48. The zero-order valence-electron chi connectivity index (χ0n) is 11.3. The van der Waals surface area contributed by atoms with Crippen molar-refractivity contribution in [2.75, 3.05) is 6.61 Å². The maximum absolute atomic E-state index is 12.7. The van der Waals surface area contributed by atoms with Crippen LogP contribution in [-0.2, 0) is 4.79 Å². The number of halogens is 1. The number of amides is 1. The van der Waals surface area contributed by atoms with E-state index in [2.05, 4.69) is 10.6 Å². The minimum Gasteiger partial charge on any atom is -0.484 e. The monoisotopic (exact) mass is 278 g/mol. The predicted molar refractivity (Wildman–Crippen MR) is 73.0 cm³/mol. The van der Waals surface area contributed by atoms with Crippen molar-refractivity contribution in [1.29, 1.82) is 0 Å². The molecule has 1 aromatic rings. The smallest absolute Gasteiger partial charge is 0.258 e. The Kier molecular flexibility index (Phi) is 3.87. The van der Waals surface area contributed by atoms with Gasteiger partial charge in [0.15, 0.2) is 6.61 Å². The van der Waals surface area contributed by atoms with Crippen LogP contribution in [0.15, 0.2) is 24.3 Å². The van der Waals surface area contributed by atoms with Gasteiger partial charge in [-0.05, 0) is 49.9 Å². The van der Waals surface area contributed by atoms with Gasteiger partial charge < -0.3 is 15.4 Å². The minimum absolute atomic E-state index is 0.0229. The lowest BCUT2D eigenvalue weighted by molar-refractivity contribution is -0.124. The fraction of sp³-hybridized carbons (Fsp3) is 0.533. The summed E-state index contributed by atoms with van der Waals surface area (Å²) in [5.74, 6) is 0.0829. The van der Waals surface area contributed by atoms with Gasteiger partial charge in [-0.2, -0.15) is 0 Å². The molecule has 20 heavy (non-hydrogen) atoms. The van der Waals surface area contributed by atoms with Gasteiger partial charge in [0.2, 0.25) is 0 Å². The molecule has 2 fully saturated rings. The van der Waals surface area contributed by atoms with Crippen LogP contribution in [0.1, 0.15) is 25.7 Å². The van der Waals surface area contributed by atoms with E-state index < -0.39 is 0 Å². The van der Waals surface area contributed by atoms with Gasteiger partial charge >= 0.3 is 0 Å². The van der Waals surface area contributed by atoms with Crippen LogP contribution in [0.3, 0.4) is 0 Å². The van der Waals surface area contributed by atoms with Crippen LogP contribution in [-0.4, -0.2) is 30.6 Å². The van der Waals surface area contributed by atoms with Crippen LogP contribution in [0.5, 0.6) is 5.75 Å².